The van der Waals surface area contributed by atoms with E-state index in [1.54, 1.807) is 35.3 Å². The first-order valence-electron chi connectivity index (χ1n) is 9.86. The number of aromatic nitrogens is 5. The van der Waals surface area contributed by atoms with Gasteiger partial charge in [0.25, 0.3) is 5.91 Å². The number of carbonyl (C=O) groups is 1. The standard InChI is InChI=1S/C24H17ClN6O/c1-31-14-15(13-27-31)20-10-11-26-24(29-20)30-23(32)18-12-22(17-7-2-4-8-19(17)25)28-21-9-5-3-6-16(18)21/h2-14H,1H3,(H,26,29,30,32). The van der Waals surface area contributed by atoms with Crippen LogP contribution in [0.3, 0.4) is 0 Å². The Morgan fingerprint density at radius 1 is 1.00 bits per heavy atom. The first-order chi connectivity index (χ1) is 15.6. The number of nitrogens with zero attached hydrogens (tertiary/aromatic N) is 5. The summed E-state index contributed by atoms with van der Waals surface area (Å²) in [4.78, 5) is 26.7. The van der Waals surface area contributed by atoms with Crippen LogP contribution in [0.15, 0.2) is 79.3 Å². The predicted molar refractivity (Wildman–Crippen MR) is 124 cm³/mol. The Hall–Kier alpha value is -4.10. The molecule has 0 aliphatic rings. The Morgan fingerprint density at radius 2 is 1.81 bits per heavy atom. The van der Waals surface area contributed by atoms with Crippen molar-refractivity contribution in [2.75, 3.05) is 5.32 Å². The fourth-order valence-corrected chi connectivity index (χ4v) is 3.70. The molecule has 5 rings (SSSR count). The highest BCUT2D eigenvalue weighted by molar-refractivity contribution is 6.33. The van der Waals surface area contributed by atoms with Gasteiger partial charge in [-0.2, -0.15) is 5.10 Å². The quantitative estimate of drug-likeness (QED) is 0.425. The van der Waals surface area contributed by atoms with Crippen LogP contribution in [0.1, 0.15) is 10.4 Å². The maximum absolute atomic E-state index is 13.3. The Morgan fingerprint density at radius 3 is 2.62 bits per heavy atom. The number of pyridine rings is 1. The minimum atomic E-state index is -0.333. The Bertz CT molecular complexity index is 1460. The van der Waals surface area contributed by atoms with E-state index in [1.807, 2.05) is 55.7 Å². The number of para-hydroxylation sites is 1. The number of anilines is 1. The van der Waals surface area contributed by atoms with Crippen LogP contribution in [0.4, 0.5) is 5.95 Å². The average Bonchev–Trinajstić information content (AvgIpc) is 3.25. The summed E-state index contributed by atoms with van der Waals surface area (Å²) >= 11 is 6.38. The highest BCUT2D eigenvalue weighted by Crippen LogP contribution is 2.30. The van der Waals surface area contributed by atoms with Crippen molar-refractivity contribution in [3.63, 3.8) is 0 Å². The van der Waals surface area contributed by atoms with Crippen molar-refractivity contribution in [3.05, 3.63) is 89.8 Å². The van der Waals surface area contributed by atoms with Crippen molar-refractivity contribution in [1.29, 1.82) is 0 Å². The van der Waals surface area contributed by atoms with Gasteiger partial charge in [0.1, 0.15) is 0 Å². The van der Waals surface area contributed by atoms with Gasteiger partial charge in [0.05, 0.1) is 28.7 Å². The molecule has 0 saturated heterocycles. The molecule has 0 spiro atoms. The monoisotopic (exact) mass is 440 g/mol. The third-order valence-corrected chi connectivity index (χ3v) is 5.32. The summed E-state index contributed by atoms with van der Waals surface area (Å²) in [5.74, 6) is -0.128. The molecule has 5 aromatic rings. The maximum Gasteiger partial charge on any atom is 0.258 e. The van der Waals surface area contributed by atoms with Crippen LogP contribution < -0.4 is 5.32 Å². The van der Waals surface area contributed by atoms with E-state index in [1.165, 1.54) is 0 Å². The SMILES string of the molecule is Cn1cc(-c2ccnc(NC(=O)c3cc(-c4ccccc4Cl)nc4ccccc34)n2)cn1. The van der Waals surface area contributed by atoms with Crippen LogP contribution in [0, 0.1) is 0 Å². The Balaban J connectivity index is 1.54. The van der Waals surface area contributed by atoms with E-state index in [4.69, 9.17) is 16.6 Å². The van der Waals surface area contributed by atoms with Crippen LogP contribution in [0.25, 0.3) is 33.4 Å². The fraction of sp³-hybridized carbons (Fsp3) is 0.0417. The molecule has 1 amide bonds. The zero-order chi connectivity index (χ0) is 22.1. The molecule has 1 N–H and O–H groups in total. The average molecular weight is 441 g/mol. The van der Waals surface area contributed by atoms with Crippen LogP contribution in [-0.2, 0) is 7.05 Å². The smallest absolute Gasteiger partial charge is 0.258 e. The van der Waals surface area contributed by atoms with E-state index in [2.05, 4.69) is 20.4 Å². The molecule has 0 atom stereocenters. The normalized spacial score (nSPS) is 10.9. The largest absolute Gasteiger partial charge is 0.290 e. The molecule has 0 aliphatic carbocycles. The molecular formula is C24H17ClN6O. The summed E-state index contributed by atoms with van der Waals surface area (Å²) in [7, 11) is 1.83. The summed E-state index contributed by atoms with van der Waals surface area (Å²) in [6, 6.07) is 18.4. The molecule has 3 aromatic heterocycles. The molecule has 156 valence electrons. The lowest BCUT2D eigenvalue weighted by Crippen LogP contribution is -2.15. The number of aryl methyl sites for hydroxylation is 1. The van der Waals surface area contributed by atoms with Gasteiger partial charge in [-0.15, -0.1) is 0 Å². The van der Waals surface area contributed by atoms with Crippen molar-refractivity contribution < 1.29 is 4.79 Å². The van der Waals surface area contributed by atoms with E-state index >= 15 is 0 Å². The molecule has 0 radical (unpaired) electrons. The van der Waals surface area contributed by atoms with Gasteiger partial charge >= 0.3 is 0 Å². The lowest BCUT2D eigenvalue weighted by Gasteiger charge is -2.11. The van der Waals surface area contributed by atoms with Gasteiger partial charge in [0.2, 0.25) is 5.95 Å². The molecule has 3 heterocycles. The number of benzene rings is 2. The summed E-state index contributed by atoms with van der Waals surface area (Å²) in [5, 5.41) is 8.26. The Labute approximate surface area is 188 Å². The molecule has 32 heavy (non-hydrogen) atoms. The van der Waals surface area contributed by atoms with Crippen molar-refractivity contribution in [3.8, 4) is 22.5 Å². The van der Waals surface area contributed by atoms with Gasteiger partial charge in [-0.25, -0.2) is 15.0 Å². The molecule has 0 unspecified atom stereocenters. The highest BCUT2D eigenvalue weighted by Gasteiger charge is 2.16. The first kappa shape index (κ1) is 19.8. The van der Waals surface area contributed by atoms with Gasteiger partial charge in [-0.05, 0) is 24.3 Å². The number of halogens is 1. The maximum atomic E-state index is 13.3. The minimum Gasteiger partial charge on any atom is -0.290 e. The number of nitrogens with one attached hydrogen (secondary N) is 1. The number of fused-ring (bicyclic) bond motifs is 1. The molecule has 2 aromatic carbocycles. The zero-order valence-corrected chi connectivity index (χ0v) is 17.8. The second-order valence-electron chi connectivity index (χ2n) is 7.17. The van der Waals surface area contributed by atoms with Gasteiger partial charge in [-0.1, -0.05) is 48.0 Å². The van der Waals surface area contributed by atoms with Crippen LogP contribution in [0.2, 0.25) is 5.02 Å². The number of amides is 1. The summed E-state index contributed by atoms with van der Waals surface area (Å²) in [6.45, 7) is 0. The number of hydrogen-bond acceptors (Lipinski definition) is 5. The highest BCUT2D eigenvalue weighted by atomic mass is 35.5. The van der Waals surface area contributed by atoms with Crippen molar-refractivity contribution in [2.45, 2.75) is 0 Å². The molecule has 0 bridgehead atoms. The third-order valence-electron chi connectivity index (χ3n) is 4.99. The third kappa shape index (κ3) is 3.81. The summed E-state index contributed by atoms with van der Waals surface area (Å²) in [6.07, 6.45) is 5.16. The first-order valence-corrected chi connectivity index (χ1v) is 10.2. The lowest BCUT2D eigenvalue weighted by atomic mass is 10.0. The van der Waals surface area contributed by atoms with Crippen molar-refractivity contribution in [2.24, 2.45) is 7.05 Å². The Kier molecular flexibility index (Phi) is 5.09. The van der Waals surface area contributed by atoms with Gasteiger partial charge in [0, 0.05) is 41.0 Å². The van der Waals surface area contributed by atoms with Gasteiger partial charge in [0.15, 0.2) is 0 Å². The van der Waals surface area contributed by atoms with E-state index < -0.39 is 0 Å². The predicted octanol–water partition coefficient (Wildman–Crippen LogP) is 5.00. The van der Waals surface area contributed by atoms with Gasteiger partial charge in [-0.3, -0.25) is 14.8 Å². The molecule has 0 aliphatic heterocycles. The second kappa shape index (κ2) is 8.20. The van der Waals surface area contributed by atoms with Crippen LogP contribution in [-0.4, -0.2) is 30.6 Å². The second-order valence-corrected chi connectivity index (χ2v) is 7.58. The zero-order valence-electron chi connectivity index (χ0n) is 17.0. The molecule has 0 saturated carbocycles. The van der Waals surface area contributed by atoms with Crippen LogP contribution >= 0.6 is 11.6 Å². The van der Waals surface area contributed by atoms with Crippen molar-refractivity contribution in [1.82, 2.24) is 24.7 Å². The summed E-state index contributed by atoms with van der Waals surface area (Å²) < 4.78 is 1.69. The van der Waals surface area contributed by atoms with Crippen LogP contribution in [0.5, 0.6) is 0 Å². The molecular weight excluding hydrogens is 424 g/mol. The van der Waals surface area contributed by atoms with E-state index in [0.717, 1.165) is 16.5 Å². The molecule has 0 fully saturated rings. The minimum absolute atomic E-state index is 0.205. The number of hydrogen-bond donors (Lipinski definition) is 1. The van der Waals surface area contributed by atoms with Gasteiger partial charge < -0.3 is 0 Å². The molecule has 7 nitrogen and oxygen atoms in total. The molecule has 8 heteroatoms. The number of rotatable bonds is 4. The topological polar surface area (TPSA) is 85.6 Å². The van der Waals surface area contributed by atoms with E-state index in [-0.39, 0.29) is 11.9 Å². The number of carbonyl (C=O) groups excluding carboxylic acids is 1. The van der Waals surface area contributed by atoms with Crippen molar-refractivity contribution >= 4 is 34.4 Å². The fourth-order valence-electron chi connectivity index (χ4n) is 3.47. The van der Waals surface area contributed by atoms with E-state index in [9.17, 15) is 4.79 Å². The lowest BCUT2D eigenvalue weighted by molar-refractivity contribution is 0.102. The van der Waals surface area contributed by atoms with E-state index in [0.29, 0.717) is 27.5 Å². The summed E-state index contributed by atoms with van der Waals surface area (Å²) in [5.41, 5.74) is 4.02.